The van der Waals surface area contributed by atoms with Gasteiger partial charge in [0.05, 0.1) is 24.2 Å². The number of hydrogen-bond acceptors (Lipinski definition) is 6. The monoisotopic (exact) mass is 326 g/mol. The molecule has 0 saturated carbocycles. The molecule has 24 heavy (non-hydrogen) atoms. The van der Waals surface area contributed by atoms with Crippen molar-refractivity contribution in [2.75, 3.05) is 0 Å². The van der Waals surface area contributed by atoms with E-state index in [0.29, 0.717) is 17.6 Å². The Hall–Kier alpha value is -2.89. The lowest BCUT2D eigenvalue weighted by Gasteiger charge is -2.33. The molecule has 6 nitrogen and oxygen atoms in total. The van der Waals surface area contributed by atoms with Gasteiger partial charge in [-0.25, -0.2) is 4.79 Å². The number of rotatable bonds is 2. The van der Waals surface area contributed by atoms with Crippen molar-refractivity contribution in [3.63, 3.8) is 0 Å². The molecule has 1 aliphatic carbocycles. The van der Waals surface area contributed by atoms with E-state index in [2.05, 4.69) is 0 Å². The molecular weight excluding hydrogens is 312 g/mol. The zero-order valence-corrected chi connectivity index (χ0v) is 13.1. The lowest BCUT2D eigenvalue weighted by molar-refractivity contribution is -0.152. The molecular formula is C18H14O6. The minimum absolute atomic E-state index is 0.0335. The Balaban J connectivity index is 1.91. The van der Waals surface area contributed by atoms with Gasteiger partial charge < -0.3 is 13.9 Å². The molecule has 1 aromatic rings. The standard InChI is InChI=1S/C18H14O6/c1-9-6-10-7-12-14(15(19)13-4-3-5-22-13)17(21)24-18(12,2)16(20)11(10)8-23-9/h3-5,7-9H,6H2,1-2H3. The van der Waals surface area contributed by atoms with Gasteiger partial charge in [0.15, 0.2) is 11.4 Å². The highest BCUT2D eigenvalue weighted by molar-refractivity contribution is 6.28. The Kier molecular flexibility index (Phi) is 2.94. The van der Waals surface area contributed by atoms with Gasteiger partial charge in [0.1, 0.15) is 5.57 Å². The smallest absolute Gasteiger partial charge is 0.344 e. The molecule has 0 aromatic carbocycles. The number of ketones is 2. The summed E-state index contributed by atoms with van der Waals surface area (Å²) in [7, 11) is 0. The minimum Gasteiger partial charge on any atom is -0.497 e. The molecule has 2 atom stereocenters. The first-order valence-electron chi connectivity index (χ1n) is 7.59. The van der Waals surface area contributed by atoms with Crippen molar-refractivity contribution in [3.8, 4) is 0 Å². The number of carbonyl (C=O) groups excluding carboxylic acids is 3. The Bertz CT molecular complexity index is 867. The Morgan fingerprint density at radius 2 is 2.12 bits per heavy atom. The minimum atomic E-state index is -1.51. The molecule has 4 rings (SSSR count). The van der Waals surface area contributed by atoms with Gasteiger partial charge in [0.25, 0.3) is 0 Å². The summed E-state index contributed by atoms with van der Waals surface area (Å²) < 4.78 is 15.8. The highest BCUT2D eigenvalue weighted by Gasteiger charge is 2.54. The molecule has 0 bridgehead atoms. The van der Waals surface area contributed by atoms with Crippen LogP contribution >= 0.6 is 0 Å². The van der Waals surface area contributed by atoms with E-state index in [9.17, 15) is 14.4 Å². The molecule has 0 spiro atoms. The van der Waals surface area contributed by atoms with Crippen LogP contribution in [0.5, 0.6) is 0 Å². The van der Waals surface area contributed by atoms with Crippen LogP contribution in [0.25, 0.3) is 0 Å². The third-order valence-electron chi connectivity index (χ3n) is 4.52. The van der Waals surface area contributed by atoms with E-state index in [1.54, 1.807) is 12.1 Å². The first kappa shape index (κ1) is 14.7. The largest absolute Gasteiger partial charge is 0.497 e. The molecule has 3 heterocycles. The maximum absolute atomic E-state index is 12.8. The molecule has 2 aliphatic heterocycles. The fourth-order valence-corrected chi connectivity index (χ4v) is 3.26. The van der Waals surface area contributed by atoms with Gasteiger partial charge in [-0.1, -0.05) is 0 Å². The Morgan fingerprint density at radius 1 is 1.33 bits per heavy atom. The average Bonchev–Trinajstić information content (AvgIpc) is 3.14. The van der Waals surface area contributed by atoms with E-state index in [0.717, 1.165) is 5.57 Å². The first-order valence-corrected chi connectivity index (χ1v) is 7.59. The molecule has 0 N–H and O–H groups in total. The van der Waals surface area contributed by atoms with Crippen LogP contribution in [0.3, 0.4) is 0 Å². The SMILES string of the molecule is CC1CC2=CC3=C(C(=O)c4ccco4)C(=O)OC3(C)C(=O)C2=CO1. The summed E-state index contributed by atoms with van der Waals surface area (Å²) in [5.74, 6) is -1.74. The number of ether oxygens (including phenoxy) is 2. The molecule has 2 unspecified atom stereocenters. The van der Waals surface area contributed by atoms with Crippen LogP contribution < -0.4 is 0 Å². The predicted molar refractivity (Wildman–Crippen MR) is 80.9 cm³/mol. The van der Waals surface area contributed by atoms with Crippen LogP contribution in [0.4, 0.5) is 0 Å². The summed E-state index contributed by atoms with van der Waals surface area (Å²) >= 11 is 0. The third-order valence-corrected chi connectivity index (χ3v) is 4.52. The highest BCUT2D eigenvalue weighted by atomic mass is 16.6. The predicted octanol–water partition coefficient (Wildman–Crippen LogP) is 2.28. The number of Topliss-reactive ketones (excluding diaryl/α,β-unsaturated/α-hetero) is 2. The number of carbonyl (C=O) groups is 3. The van der Waals surface area contributed by atoms with Crippen molar-refractivity contribution in [1.29, 1.82) is 0 Å². The van der Waals surface area contributed by atoms with E-state index in [1.165, 1.54) is 25.5 Å². The van der Waals surface area contributed by atoms with Crippen LogP contribution in [0, 0.1) is 0 Å². The summed E-state index contributed by atoms with van der Waals surface area (Å²) in [6, 6.07) is 3.03. The lowest BCUT2D eigenvalue weighted by Crippen LogP contribution is -2.42. The van der Waals surface area contributed by atoms with Gasteiger partial charge >= 0.3 is 5.97 Å². The van der Waals surface area contributed by atoms with Gasteiger partial charge in [-0.15, -0.1) is 0 Å². The summed E-state index contributed by atoms with van der Waals surface area (Å²) in [5.41, 5.74) is -0.228. The zero-order chi connectivity index (χ0) is 17.1. The van der Waals surface area contributed by atoms with E-state index in [-0.39, 0.29) is 23.2 Å². The fourth-order valence-electron chi connectivity index (χ4n) is 3.26. The number of furan rings is 1. The quantitative estimate of drug-likeness (QED) is 0.471. The first-order chi connectivity index (χ1) is 11.4. The van der Waals surface area contributed by atoms with Gasteiger partial charge in [-0.3, -0.25) is 9.59 Å². The topological polar surface area (TPSA) is 82.8 Å². The number of esters is 1. The Labute approximate surface area is 137 Å². The second-order valence-corrected chi connectivity index (χ2v) is 6.20. The summed E-state index contributed by atoms with van der Waals surface area (Å²) in [6.07, 6.45) is 4.90. The molecule has 122 valence electrons. The molecule has 0 saturated heterocycles. The summed E-state index contributed by atoms with van der Waals surface area (Å²) in [5, 5.41) is 0. The van der Waals surface area contributed by atoms with Crippen molar-refractivity contribution < 1.29 is 28.3 Å². The van der Waals surface area contributed by atoms with Crippen LogP contribution in [0.15, 0.2) is 57.4 Å². The molecule has 0 amide bonds. The number of hydrogen-bond donors (Lipinski definition) is 0. The summed E-state index contributed by atoms with van der Waals surface area (Å²) in [4.78, 5) is 37.8. The maximum atomic E-state index is 12.8. The van der Waals surface area contributed by atoms with Crippen LogP contribution in [-0.2, 0) is 19.1 Å². The van der Waals surface area contributed by atoms with Gasteiger partial charge in [-0.2, -0.15) is 0 Å². The molecule has 1 aromatic heterocycles. The van der Waals surface area contributed by atoms with Gasteiger partial charge in [0.2, 0.25) is 11.6 Å². The zero-order valence-electron chi connectivity index (χ0n) is 13.1. The second-order valence-electron chi connectivity index (χ2n) is 6.20. The molecule has 6 heteroatoms. The average molecular weight is 326 g/mol. The molecule has 3 aliphatic rings. The third kappa shape index (κ3) is 1.86. The van der Waals surface area contributed by atoms with E-state index in [4.69, 9.17) is 13.9 Å². The highest BCUT2D eigenvalue weighted by Crippen LogP contribution is 2.44. The van der Waals surface area contributed by atoms with E-state index < -0.39 is 17.4 Å². The lowest BCUT2D eigenvalue weighted by atomic mass is 9.75. The van der Waals surface area contributed by atoms with Crippen LogP contribution in [0.2, 0.25) is 0 Å². The van der Waals surface area contributed by atoms with Crippen molar-refractivity contribution in [2.24, 2.45) is 0 Å². The number of fused-ring (bicyclic) bond motifs is 2. The van der Waals surface area contributed by atoms with Crippen LogP contribution in [0.1, 0.15) is 30.8 Å². The van der Waals surface area contributed by atoms with Crippen LogP contribution in [-0.4, -0.2) is 29.2 Å². The van der Waals surface area contributed by atoms with E-state index in [1.807, 2.05) is 6.92 Å². The normalized spacial score (nSPS) is 28.5. The van der Waals surface area contributed by atoms with Crippen molar-refractivity contribution in [2.45, 2.75) is 32.0 Å². The second kappa shape index (κ2) is 4.80. The maximum Gasteiger partial charge on any atom is 0.344 e. The van der Waals surface area contributed by atoms with Gasteiger partial charge in [-0.05, 0) is 37.6 Å². The van der Waals surface area contributed by atoms with Gasteiger partial charge in [0, 0.05) is 12.0 Å². The Morgan fingerprint density at radius 3 is 2.83 bits per heavy atom. The molecule has 0 fully saturated rings. The van der Waals surface area contributed by atoms with E-state index >= 15 is 0 Å². The van der Waals surface area contributed by atoms with Crippen molar-refractivity contribution in [1.82, 2.24) is 0 Å². The summed E-state index contributed by atoms with van der Waals surface area (Å²) in [6.45, 7) is 3.38. The van der Waals surface area contributed by atoms with Crippen molar-refractivity contribution >= 4 is 17.5 Å². The van der Waals surface area contributed by atoms with Crippen molar-refractivity contribution in [3.05, 3.63) is 58.8 Å². The fraction of sp³-hybridized carbons (Fsp3) is 0.278. The molecule has 0 radical (unpaired) electrons.